The number of carbonyl (C=O) groups excluding carboxylic acids is 1. The highest BCUT2D eigenvalue weighted by Gasteiger charge is 2.14. The van der Waals surface area contributed by atoms with E-state index in [2.05, 4.69) is 50.3 Å². The minimum Gasteiger partial charge on any atom is -0.345 e. The van der Waals surface area contributed by atoms with E-state index in [4.69, 9.17) is 0 Å². The van der Waals surface area contributed by atoms with E-state index in [1.165, 1.54) is 4.52 Å². The number of hydrogen-bond donors (Lipinski definition) is 1. The van der Waals surface area contributed by atoms with Gasteiger partial charge in [0.1, 0.15) is 5.82 Å². The molecular formula is C18H19N7O. The predicted molar refractivity (Wildman–Crippen MR) is 96.5 cm³/mol. The Morgan fingerprint density at radius 1 is 1.23 bits per heavy atom. The monoisotopic (exact) mass is 349 g/mol. The molecule has 0 unspecified atom stereocenters. The average Bonchev–Trinajstić information content (AvgIpc) is 3.23. The molecule has 4 aromatic rings. The number of tetrazole rings is 1. The van der Waals surface area contributed by atoms with E-state index in [0.717, 1.165) is 23.4 Å². The molecule has 3 heterocycles. The molecule has 0 aliphatic carbocycles. The fourth-order valence-corrected chi connectivity index (χ4v) is 2.97. The molecule has 8 nitrogen and oxygen atoms in total. The number of benzene rings is 1. The van der Waals surface area contributed by atoms with Gasteiger partial charge in [-0.3, -0.25) is 4.79 Å². The number of imidazole rings is 1. The van der Waals surface area contributed by atoms with Crippen molar-refractivity contribution in [2.24, 2.45) is 5.92 Å². The summed E-state index contributed by atoms with van der Waals surface area (Å²) in [5, 5.41) is 14.2. The first kappa shape index (κ1) is 16.2. The van der Waals surface area contributed by atoms with Crippen LogP contribution in [0.25, 0.3) is 16.7 Å². The van der Waals surface area contributed by atoms with Gasteiger partial charge in [-0.2, -0.15) is 0 Å². The van der Waals surface area contributed by atoms with Gasteiger partial charge in [-0.15, -0.1) is 5.10 Å². The second-order valence-corrected chi connectivity index (χ2v) is 6.60. The number of hydrogen-bond acceptors (Lipinski definition) is 5. The molecule has 1 N–H and O–H groups in total. The van der Waals surface area contributed by atoms with Crippen molar-refractivity contribution < 1.29 is 4.79 Å². The molecule has 0 atom stereocenters. The Morgan fingerprint density at radius 2 is 2.08 bits per heavy atom. The van der Waals surface area contributed by atoms with Crippen LogP contribution < -0.4 is 5.32 Å². The van der Waals surface area contributed by atoms with Crippen molar-refractivity contribution in [2.75, 3.05) is 0 Å². The van der Waals surface area contributed by atoms with Crippen molar-refractivity contribution in [3.63, 3.8) is 0 Å². The zero-order valence-electron chi connectivity index (χ0n) is 14.6. The van der Waals surface area contributed by atoms with Crippen molar-refractivity contribution in [1.82, 2.24) is 34.9 Å². The Kier molecular flexibility index (Phi) is 4.08. The number of nitrogens with zero attached hydrogens (tertiary/aromatic N) is 6. The van der Waals surface area contributed by atoms with Crippen LogP contribution >= 0.6 is 0 Å². The van der Waals surface area contributed by atoms with Crippen LogP contribution in [0, 0.1) is 5.92 Å². The molecule has 0 aliphatic heterocycles. The summed E-state index contributed by atoms with van der Waals surface area (Å²) in [5.41, 5.74) is 3.07. The lowest BCUT2D eigenvalue weighted by Crippen LogP contribution is -2.25. The fraction of sp³-hybridized carbons (Fsp3) is 0.278. The summed E-state index contributed by atoms with van der Waals surface area (Å²) in [6, 6.07) is 11.4. The molecular weight excluding hydrogens is 330 g/mol. The third-order valence-electron chi connectivity index (χ3n) is 4.15. The highest BCUT2D eigenvalue weighted by molar-refractivity contribution is 5.94. The van der Waals surface area contributed by atoms with E-state index in [1.54, 1.807) is 18.3 Å². The van der Waals surface area contributed by atoms with Gasteiger partial charge in [0.25, 0.3) is 5.91 Å². The predicted octanol–water partition coefficient (Wildman–Crippen LogP) is 2.06. The van der Waals surface area contributed by atoms with E-state index in [9.17, 15) is 4.79 Å². The molecule has 1 aromatic carbocycles. The second kappa shape index (κ2) is 6.55. The van der Waals surface area contributed by atoms with Crippen LogP contribution in [0.15, 0.2) is 42.6 Å². The number of amides is 1. The summed E-state index contributed by atoms with van der Waals surface area (Å²) < 4.78 is 3.69. The summed E-state index contributed by atoms with van der Waals surface area (Å²) in [4.78, 5) is 17.2. The molecule has 0 fully saturated rings. The number of carbonyl (C=O) groups is 1. The number of para-hydroxylation sites is 2. The van der Waals surface area contributed by atoms with Crippen molar-refractivity contribution in [3.8, 4) is 0 Å². The topological polar surface area (TPSA) is 90.0 Å². The first-order chi connectivity index (χ1) is 12.6. The van der Waals surface area contributed by atoms with Crippen LogP contribution in [0.5, 0.6) is 0 Å². The minimum absolute atomic E-state index is 0.182. The molecule has 3 aromatic heterocycles. The van der Waals surface area contributed by atoms with Gasteiger partial charge in [-0.1, -0.05) is 26.0 Å². The maximum Gasteiger partial charge on any atom is 0.251 e. The quantitative estimate of drug-likeness (QED) is 0.596. The van der Waals surface area contributed by atoms with Gasteiger partial charge in [0.15, 0.2) is 5.65 Å². The fourth-order valence-electron chi connectivity index (χ4n) is 2.97. The molecule has 4 rings (SSSR count). The Labute approximate surface area is 149 Å². The molecule has 0 spiro atoms. The Morgan fingerprint density at radius 3 is 2.92 bits per heavy atom. The van der Waals surface area contributed by atoms with Gasteiger partial charge in [-0.05, 0) is 40.6 Å². The highest BCUT2D eigenvalue weighted by Crippen LogP contribution is 2.18. The SMILES string of the molecule is CC(C)Cn1c(CNC(=O)c2ccn3nnnc3c2)nc2ccccc21. The molecule has 0 aliphatic rings. The smallest absolute Gasteiger partial charge is 0.251 e. The van der Waals surface area contributed by atoms with Crippen LogP contribution in [0.2, 0.25) is 0 Å². The largest absolute Gasteiger partial charge is 0.345 e. The average molecular weight is 349 g/mol. The van der Waals surface area contributed by atoms with Crippen LogP contribution in [0.3, 0.4) is 0 Å². The van der Waals surface area contributed by atoms with Crippen molar-refractivity contribution in [2.45, 2.75) is 26.9 Å². The lowest BCUT2D eigenvalue weighted by Gasteiger charge is -2.12. The van der Waals surface area contributed by atoms with E-state index in [0.29, 0.717) is 23.7 Å². The molecule has 132 valence electrons. The van der Waals surface area contributed by atoms with Crippen LogP contribution in [0.1, 0.15) is 30.0 Å². The molecule has 1 amide bonds. The van der Waals surface area contributed by atoms with Crippen molar-refractivity contribution >= 4 is 22.6 Å². The number of nitrogens with one attached hydrogen (secondary N) is 1. The van der Waals surface area contributed by atoms with Crippen LogP contribution in [-0.2, 0) is 13.1 Å². The zero-order valence-corrected chi connectivity index (χ0v) is 14.6. The first-order valence-corrected chi connectivity index (χ1v) is 8.52. The lowest BCUT2D eigenvalue weighted by molar-refractivity contribution is 0.0949. The van der Waals surface area contributed by atoms with E-state index < -0.39 is 0 Å². The maximum atomic E-state index is 12.5. The third-order valence-corrected chi connectivity index (χ3v) is 4.15. The number of pyridine rings is 1. The normalized spacial score (nSPS) is 11.5. The third kappa shape index (κ3) is 3.01. The van der Waals surface area contributed by atoms with Gasteiger partial charge in [0.2, 0.25) is 0 Å². The summed E-state index contributed by atoms with van der Waals surface area (Å²) in [7, 11) is 0. The van der Waals surface area contributed by atoms with Gasteiger partial charge >= 0.3 is 0 Å². The van der Waals surface area contributed by atoms with Gasteiger partial charge < -0.3 is 9.88 Å². The van der Waals surface area contributed by atoms with Crippen molar-refractivity contribution in [1.29, 1.82) is 0 Å². The standard InChI is InChI=1S/C18H19N7O/c1-12(2)11-24-15-6-4-3-5-14(15)20-17(24)10-19-18(26)13-7-8-25-16(9-13)21-22-23-25/h3-9,12H,10-11H2,1-2H3,(H,19,26). The van der Waals surface area contributed by atoms with E-state index in [1.807, 2.05) is 18.2 Å². The van der Waals surface area contributed by atoms with Gasteiger partial charge in [0, 0.05) is 18.3 Å². The van der Waals surface area contributed by atoms with Crippen LogP contribution in [0.4, 0.5) is 0 Å². The molecule has 0 bridgehead atoms. The maximum absolute atomic E-state index is 12.5. The zero-order chi connectivity index (χ0) is 18.1. The summed E-state index contributed by atoms with van der Waals surface area (Å²) in [5.74, 6) is 1.14. The first-order valence-electron chi connectivity index (χ1n) is 8.52. The van der Waals surface area contributed by atoms with Crippen LogP contribution in [-0.4, -0.2) is 35.5 Å². The summed E-state index contributed by atoms with van der Waals surface area (Å²) >= 11 is 0. The Bertz CT molecular complexity index is 1080. The Hall–Kier alpha value is -3.29. The molecule has 26 heavy (non-hydrogen) atoms. The number of fused-ring (bicyclic) bond motifs is 2. The summed E-state index contributed by atoms with van der Waals surface area (Å²) in [6.07, 6.45) is 1.66. The second-order valence-electron chi connectivity index (χ2n) is 6.60. The molecule has 0 saturated carbocycles. The lowest BCUT2D eigenvalue weighted by atomic mass is 10.2. The van der Waals surface area contributed by atoms with E-state index >= 15 is 0 Å². The minimum atomic E-state index is -0.182. The molecule has 0 radical (unpaired) electrons. The highest BCUT2D eigenvalue weighted by atomic mass is 16.1. The molecule has 8 heteroatoms. The van der Waals surface area contributed by atoms with Gasteiger partial charge in [0.05, 0.1) is 17.6 Å². The Balaban J connectivity index is 1.57. The van der Waals surface area contributed by atoms with E-state index in [-0.39, 0.29) is 5.91 Å². The number of aromatic nitrogens is 6. The summed E-state index contributed by atoms with van der Waals surface area (Å²) in [6.45, 7) is 5.54. The number of rotatable bonds is 5. The van der Waals surface area contributed by atoms with Crippen molar-refractivity contribution in [3.05, 3.63) is 54.0 Å². The van der Waals surface area contributed by atoms with Gasteiger partial charge in [-0.25, -0.2) is 9.50 Å². The molecule has 0 saturated heterocycles.